The Labute approximate surface area is 144 Å². The van der Waals surface area contributed by atoms with E-state index < -0.39 is 0 Å². The topological polar surface area (TPSA) is 47.9 Å². The summed E-state index contributed by atoms with van der Waals surface area (Å²) in [5.74, 6) is 2.60. The van der Waals surface area contributed by atoms with E-state index in [9.17, 15) is 5.11 Å². The number of phenolic OH excluding ortho intramolecular Hbond substituents is 1. The van der Waals surface area contributed by atoms with Crippen molar-refractivity contribution in [2.45, 2.75) is 39.5 Å². The number of benzene rings is 2. The molecular formula is C20H26O4. The van der Waals surface area contributed by atoms with Crippen LogP contribution in [0, 0.1) is 0 Å². The summed E-state index contributed by atoms with van der Waals surface area (Å²) in [5.41, 5.74) is 2.19. The molecule has 0 aliphatic heterocycles. The fraction of sp³-hybridized carbons (Fsp3) is 0.400. The molecule has 130 valence electrons. The number of rotatable bonds is 6. The van der Waals surface area contributed by atoms with Gasteiger partial charge >= 0.3 is 0 Å². The van der Waals surface area contributed by atoms with Crippen LogP contribution in [-0.4, -0.2) is 19.3 Å². The van der Waals surface area contributed by atoms with Crippen molar-refractivity contribution in [1.82, 2.24) is 0 Å². The number of hydrogen-bond acceptors (Lipinski definition) is 4. The molecule has 0 aliphatic carbocycles. The van der Waals surface area contributed by atoms with Crippen molar-refractivity contribution in [3.05, 3.63) is 41.5 Å². The molecule has 4 nitrogen and oxygen atoms in total. The summed E-state index contributed by atoms with van der Waals surface area (Å²) in [6.45, 7) is 8.40. The van der Waals surface area contributed by atoms with E-state index >= 15 is 0 Å². The lowest BCUT2D eigenvalue weighted by Gasteiger charge is -2.17. The minimum atomic E-state index is -0.0168. The van der Waals surface area contributed by atoms with Crippen molar-refractivity contribution >= 4 is 0 Å². The van der Waals surface area contributed by atoms with E-state index in [0.29, 0.717) is 28.9 Å². The third-order valence-electron chi connectivity index (χ3n) is 4.02. The van der Waals surface area contributed by atoms with Crippen LogP contribution in [0.1, 0.15) is 50.7 Å². The largest absolute Gasteiger partial charge is 0.502 e. The van der Waals surface area contributed by atoms with Crippen molar-refractivity contribution in [2.24, 2.45) is 0 Å². The maximum atomic E-state index is 10.4. The number of phenols is 1. The van der Waals surface area contributed by atoms with Crippen LogP contribution in [0.4, 0.5) is 0 Å². The van der Waals surface area contributed by atoms with Crippen molar-refractivity contribution in [2.75, 3.05) is 14.2 Å². The van der Waals surface area contributed by atoms with Crippen LogP contribution in [0.2, 0.25) is 0 Å². The predicted molar refractivity (Wildman–Crippen MR) is 95.9 cm³/mol. The first-order valence-electron chi connectivity index (χ1n) is 8.14. The molecule has 0 fully saturated rings. The van der Waals surface area contributed by atoms with Gasteiger partial charge in [0.15, 0.2) is 23.0 Å². The first-order valence-corrected chi connectivity index (χ1v) is 8.14. The zero-order valence-corrected chi connectivity index (χ0v) is 15.2. The molecule has 0 heterocycles. The van der Waals surface area contributed by atoms with Gasteiger partial charge in [0.05, 0.1) is 14.2 Å². The maximum Gasteiger partial charge on any atom is 0.201 e. The molecule has 0 aliphatic rings. The Balaban J connectivity index is 2.45. The second-order valence-corrected chi connectivity index (χ2v) is 6.39. The van der Waals surface area contributed by atoms with E-state index in [-0.39, 0.29) is 11.7 Å². The van der Waals surface area contributed by atoms with E-state index in [1.165, 1.54) is 7.11 Å². The highest BCUT2D eigenvalue weighted by atomic mass is 16.5. The lowest BCUT2D eigenvalue weighted by Crippen LogP contribution is -1.97. The van der Waals surface area contributed by atoms with Crippen LogP contribution in [0.3, 0.4) is 0 Å². The normalized spacial score (nSPS) is 11.0. The van der Waals surface area contributed by atoms with Crippen molar-refractivity contribution in [1.29, 1.82) is 0 Å². The van der Waals surface area contributed by atoms with Crippen molar-refractivity contribution in [3.63, 3.8) is 0 Å². The van der Waals surface area contributed by atoms with Gasteiger partial charge < -0.3 is 19.3 Å². The third-order valence-corrected chi connectivity index (χ3v) is 4.02. The zero-order chi connectivity index (χ0) is 17.9. The first-order chi connectivity index (χ1) is 11.4. The molecule has 0 bridgehead atoms. The van der Waals surface area contributed by atoms with E-state index in [1.807, 2.05) is 30.3 Å². The Bertz CT molecular complexity index is 705. The fourth-order valence-electron chi connectivity index (χ4n) is 2.42. The van der Waals surface area contributed by atoms with Gasteiger partial charge in [0.2, 0.25) is 5.75 Å². The Hall–Kier alpha value is -2.36. The van der Waals surface area contributed by atoms with Gasteiger partial charge in [-0.2, -0.15) is 0 Å². The highest BCUT2D eigenvalue weighted by Crippen LogP contribution is 2.43. The van der Waals surface area contributed by atoms with Crippen molar-refractivity contribution < 1.29 is 19.3 Å². The summed E-state index contributed by atoms with van der Waals surface area (Å²) in [4.78, 5) is 0. The van der Waals surface area contributed by atoms with Gasteiger partial charge in [0.1, 0.15) is 0 Å². The average Bonchev–Trinajstić information content (AvgIpc) is 2.56. The monoisotopic (exact) mass is 330 g/mol. The zero-order valence-electron chi connectivity index (χ0n) is 15.2. The van der Waals surface area contributed by atoms with Gasteiger partial charge in [-0.05, 0) is 47.2 Å². The molecule has 0 atom stereocenters. The molecule has 1 N–H and O–H groups in total. The van der Waals surface area contributed by atoms with Crippen LogP contribution in [0.25, 0.3) is 0 Å². The van der Waals surface area contributed by atoms with Gasteiger partial charge in [-0.25, -0.2) is 0 Å². The van der Waals surface area contributed by atoms with Crippen LogP contribution >= 0.6 is 0 Å². The second kappa shape index (κ2) is 7.47. The minimum absolute atomic E-state index is 0.0168. The quantitative estimate of drug-likeness (QED) is 0.765. The van der Waals surface area contributed by atoms with Crippen molar-refractivity contribution in [3.8, 4) is 28.7 Å². The lowest BCUT2D eigenvalue weighted by atomic mass is 10.0. The molecule has 24 heavy (non-hydrogen) atoms. The standard InChI is InChI=1S/C20H26O4/c1-12(2)14-7-8-16(17(9-14)22-5)24-19-11-15(13(3)4)10-18(23-6)20(19)21/h7-13,21H,1-6H3. The molecule has 0 saturated heterocycles. The molecule has 0 aromatic heterocycles. The minimum Gasteiger partial charge on any atom is -0.502 e. The molecule has 4 heteroatoms. The molecule has 2 aromatic carbocycles. The van der Waals surface area contributed by atoms with E-state index in [1.54, 1.807) is 7.11 Å². The van der Waals surface area contributed by atoms with Crippen LogP contribution < -0.4 is 14.2 Å². The van der Waals surface area contributed by atoms with Crippen LogP contribution in [-0.2, 0) is 0 Å². The number of ether oxygens (including phenoxy) is 3. The van der Waals surface area contributed by atoms with Gasteiger partial charge in [0.25, 0.3) is 0 Å². The SMILES string of the molecule is COc1cc(C(C)C)ccc1Oc1cc(C(C)C)cc(OC)c1O. The molecule has 0 amide bonds. The Morgan fingerprint density at radius 3 is 1.79 bits per heavy atom. The molecule has 0 unspecified atom stereocenters. The van der Waals surface area contributed by atoms with E-state index in [0.717, 1.165) is 11.1 Å². The lowest BCUT2D eigenvalue weighted by molar-refractivity contribution is 0.343. The molecule has 0 saturated carbocycles. The fourth-order valence-corrected chi connectivity index (χ4v) is 2.42. The van der Waals surface area contributed by atoms with Gasteiger partial charge in [-0.15, -0.1) is 0 Å². The summed E-state index contributed by atoms with van der Waals surface area (Å²) >= 11 is 0. The Kier molecular flexibility index (Phi) is 5.60. The third kappa shape index (κ3) is 3.75. The molecular weight excluding hydrogens is 304 g/mol. The number of methoxy groups -OCH3 is 2. The van der Waals surface area contributed by atoms with Gasteiger partial charge in [0, 0.05) is 0 Å². The van der Waals surface area contributed by atoms with Gasteiger partial charge in [-0.1, -0.05) is 33.8 Å². The first kappa shape index (κ1) is 18.0. The average molecular weight is 330 g/mol. The van der Waals surface area contributed by atoms with Crippen LogP contribution in [0.15, 0.2) is 30.3 Å². The number of aromatic hydroxyl groups is 1. The molecule has 0 spiro atoms. The maximum absolute atomic E-state index is 10.4. The molecule has 0 radical (unpaired) electrons. The smallest absolute Gasteiger partial charge is 0.201 e. The summed E-state index contributed by atoms with van der Waals surface area (Å²) in [6, 6.07) is 9.48. The Morgan fingerprint density at radius 1 is 0.708 bits per heavy atom. The van der Waals surface area contributed by atoms with E-state index in [4.69, 9.17) is 14.2 Å². The van der Waals surface area contributed by atoms with Crippen LogP contribution in [0.5, 0.6) is 28.7 Å². The second-order valence-electron chi connectivity index (χ2n) is 6.39. The summed E-state index contributed by atoms with van der Waals surface area (Å²) < 4.78 is 16.6. The summed E-state index contributed by atoms with van der Waals surface area (Å²) in [6.07, 6.45) is 0. The predicted octanol–water partition coefficient (Wildman–Crippen LogP) is 5.45. The highest BCUT2D eigenvalue weighted by molar-refractivity contribution is 5.56. The summed E-state index contributed by atoms with van der Waals surface area (Å²) in [5, 5.41) is 10.4. The Morgan fingerprint density at radius 2 is 1.25 bits per heavy atom. The summed E-state index contributed by atoms with van der Waals surface area (Å²) in [7, 11) is 3.14. The van der Waals surface area contributed by atoms with E-state index in [2.05, 4.69) is 27.7 Å². The van der Waals surface area contributed by atoms with Gasteiger partial charge in [-0.3, -0.25) is 0 Å². The highest BCUT2D eigenvalue weighted by Gasteiger charge is 2.16. The molecule has 2 rings (SSSR count). The number of hydrogen-bond donors (Lipinski definition) is 1. The molecule has 2 aromatic rings.